The fourth-order valence-corrected chi connectivity index (χ4v) is 19.0. The summed E-state index contributed by atoms with van der Waals surface area (Å²) < 4.78 is 6.35. The van der Waals surface area contributed by atoms with Gasteiger partial charge in [-0.25, -0.2) is 0 Å². The van der Waals surface area contributed by atoms with E-state index in [1.165, 1.54) is 122 Å². The molecule has 1 spiro atoms. The summed E-state index contributed by atoms with van der Waals surface area (Å²) in [6, 6.07) is 140. The Labute approximate surface area is 636 Å². The Kier molecular flexibility index (Phi) is 14.5. The first kappa shape index (κ1) is 63.9. The average Bonchev–Trinajstić information content (AvgIpc) is 1.51. The molecular weight excluding hydrogens is 1320 g/mol. The van der Waals surface area contributed by atoms with Crippen molar-refractivity contribution < 1.29 is 4.42 Å². The number of benzene rings is 17. The van der Waals surface area contributed by atoms with E-state index in [-0.39, 0.29) is 10.8 Å². The summed E-state index contributed by atoms with van der Waals surface area (Å²) in [5.41, 5.74) is 34.8. The minimum Gasteiger partial charge on any atom is -0.456 e. The van der Waals surface area contributed by atoms with Crippen LogP contribution in [0.25, 0.3) is 99.1 Å². The molecule has 109 heavy (non-hydrogen) atoms. The number of furan rings is 1. The third-order valence-electron chi connectivity index (χ3n) is 24.0. The molecule has 1 atom stereocenters. The maximum Gasteiger partial charge on any atom is 0.137 e. The Morgan fingerprint density at radius 3 is 1.17 bits per heavy atom. The smallest absolute Gasteiger partial charge is 0.137 e. The molecule has 0 saturated heterocycles. The highest BCUT2D eigenvalue weighted by atomic mass is 16.3. The molecule has 0 amide bonds. The Balaban J connectivity index is 0.000000148. The molecule has 0 radical (unpaired) electrons. The lowest BCUT2D eigenvalue weighted by Gasteiger charge is -2.32. The number of para-hydroxylation sites is 4. The average molecular weight is 1390 g/mol. The van der Waals surface area contributed by atoms with Crippen molar-refractivity contribution >= 4 is 94.7 Å². The Morgan fingerprint density at radius 2 is 0.569 bits per heavy atom. The van der Waals surface area contributed by atoms with Crippen molar-refractivity contribution in [2.75, 3.05) is 14.7 Å². The summed E-state index contributed by atoms with van der Waals surface area (Å²) in [7, 11) is 0. The summed E-state index contributed by atoms with van der Waals surface area (Å²) in [4.78, 5) is 7.18. The van der Waals surface area contributed by atoms with E-state index in [0.717, 1.165) is 73.1 Å². The summed E-state index contributed by atoms with van der Waals surface area (Å²) in [5, 5.41) is 7.47. The van der Waals surface area contributed by atoms with Gasteiger partial charge in [0.25, 0.3) is 0 Å². The molecule has 1 heterocycles. The zero-order valence-electron chi connectivity index (χ0n) is 61.1. The molecule has 4 nitrogen and oxygen atoms in total. The van der Waals surface area contributed by atoms with Gasteiger partial charge in [-0.05, 0) is 249 Å². The molecule has 4 aliphatic rings. The number of hydrogen-bond donors (Lipinski definition) is 0. The van der Waals surface area contributed by atoms with E-state index in [9.17, 15) is 0 Å². The predicted molar refractivity (Wildman–Crippen MR) is 456 cm³/mol. The number of fused-ring (bicyclic) bond motifs is 22. The summed E-state index contributed by atoms with van der Waals surface area (Å²) in [6.07, 6.45) is 0. The van der Waals surface area contributed by atoms with Gasteiger partial charge in [0.1, 0.15) is 11.2 Å². The summed E-state index contributed by atoms with van der Waals surface area (Å²) >= 11 is 0. The second kappa shape index (κ2) is 24.8. The molecule has 1 unspecified atom stereocenters. The van der Waals surface area contributed by atoms with Crippen LogP contribution in [0.4, 0.5) is 51.2 Å². The zero-order valence-corrected chi connectivity index (χ0v) is 61.1. The molecule has 516 valence electrons. The highest BCUT2D eigenvalue weighted by Crippen LogP contribution is 2.65. The van der Waals surface area contributed by atoms with Gasteiger partial charge >= 0.3 is 0 Å². The van der Waals surface area contributed by atoms with Gasteiger partial charge in [-0.1, -0.05) is 276 Å². The third kappa shape index (κ3) is 9.91. The van der Waals surface area contributed by atoms with Crippen LogP contribution in [0.2, 0.25) is 0 Å². The van der Waals surface area contributed by atoms with Crippen LogP contribution in [0.15, 0.2) is 387 Å². The standard InChI is InChI=1S/C62H44N2.C43H31NO/c1-61(2)59-40-47(31-35-51(59)52-34-30-41-18-12-13-25-48(41)60(52)61)64(44-23-10-5-11-24-44)46-33-37-58-54(39-46)50-27-15-17-29-56(50)62(58)55-28-16-14-26-49(55)53-38-45(32-36-57(53)62)63(42-19-6-3-7-20-42)43-21-8-4-9-22-43;1-43(2)39-25-31-13-7-6-12-30(31)24-38(39)35-22-20-33(26-40(35)43)44(32-18-16-29(17-19-32)28-10-4-3-5-11-28)34-21-23-37-36-14-8-9-15-41(36)45-42(37)27-34/h3-40H,1-2H3;3-27H,1-2H3. The van der Waals surface area contributed by atoms with Crippen LogP contribution >= 0.6 is 0 Å². The highest BCUT2D eigenvalue weighted by molar-refractivity contribution is 6.07. The molecule has 0 N–H and O–H groups in total. The molecule has 0 fully saturated rings. The highest BCUT2D eigenvalue weighted by Gasteiger charge is 2.52. The van der Waals surface area contributed by atoms with Crippen LogP contribution in [0.3, 0.4) is 0 Å². The van der Waals surface area contributed by atoms with Gasteiger partial charge in [-0.3, -0.25) is 0 Å². The quantitative estimate of drug-likeness (QED) is 0.136. The second-order valence-corrected chi connectivity index (χ2v) is 30.7. The van der Waals surface area contributed by atoms with Crippen molar-refractivity contribution in [3.8, 4) is 55.6 Å². The van der Waals surface area contributed by atoms with Gasteiger partial charge in [0.2, 0.25) is 0 Å². The molecule has 17 aromatic carbocycles. The monoisotopic (exact) mass is 1390 g/mol. The van der Waals surface area contributed by atoms with Gasteiger partial charge < -0.3 is 19.1 Å². The van der Waals surface area contributed by atoms with Crippen molar-refractivity contribution in [2.45, 2.75) is 43.9 Å². The summed E-state index contributed by atoms with van der Waals surface area (Å²) in [5.74, 6) is 0. The van der Waals surface area contributed by atoms with Crippen LogP contribution < -0.4 is 14.7 Å². The van der Waals surface area contributed by atoms with Crippen LogP contribution in [-0.2, 0) is 16.2 Å². The largest absolute Gasteiger partial charge is 0.456 e. The lowest BCUT2D eigenvalue weighted by atomic mass is 9.70. The van der Waals surface area contributed by atoms with Gasteiger partial charge in [-0.2, -0.15) is 0 Å². The molecule has 1 aromatic heterocycles. The number of nitrogens with zero attached hydrogens (tertiary/aromatic N) is 3. The lowest BCUT2D eigenvalue weighted by Crippen LogP contribution is -2.26. The SMILES string of the molecule is CC1(C)c2cc(N(c3ccc(-c4ccccc4)cc3)c3ccc4c(c3)oc3ccccc34)ccc2-c2cc3ccccc3cc21.CC1(C)c2cc(N(c3ccccc3)c3ccc4c(c3)-c3ccccc3C43c4ccccc4-c4cc(N(c5ccccc5)c5ccccc5)ccc43)ccc2-c2ccc3ccccc3c21. The minimum absolute atomic E-state index is 0.129. The van der Waals surface area contributed by atoms with Crippen molar-refractivity contribution in [2.24, 2.45) is 0 Å². The molecular formula is C105H75N3O. The van der Waals surface area contributed by atoms with E-state index in [0.29, 0.717) is 0 Å². The van der Waals surface area contributed by atoms with Crippen LogP contribution in [0.5, 0.6) is 0 Å². The molecule has 4 aliphatic carbocycles. The minimum atomic E-state index is -0.469. The molecule has 0 saturated carbocycles. The number of anilines is 9. The lowest BCUT2D eigenvalue weighted by molar-refractivity contribution is 0.661. The van der Waals surface area contributed by atoms with Gasteiger partial charge in [0.15, 0.2) is 0 Å². The van der Waals surface area contributed by atoms with E-state index in [4.69, 9.17) is 4.42 Å². The van der Waals surface area contributed by atoms with E-state index < -0.39 is 5.41 Å². The number of rotatable bonds is 10. The van der Waals surface area contributed by atoms with Gasteiger partial charge in [-0.15, -0.1) is 0 Å². The first-order valence-corrected chi connectivity index (χ1v) is 38.0. The fraction of sp³-hybridized carbons (Fsp3) is 0.0667. The molecule has 0 aliphatic heterocycles. The van der Waals surface area contributed by atoms with E-state index in [2.05, 4.69) is 412 Å². The number of hydrogen-bond acceptors (Lipinski definition) is 4. The maximum atomic E-state index is 6.35. The van der Waals surface area contributed by atoms with Gasteiger partial charge in [0, 0.05) is 78.9 Å². The molecule has 4 heteroatoms. The Hall–Kier alpha value is -13.5. The normalized spacial score (nSPS) is 14.6. The topological polar surface area (TPSA) is 22.9 Å². The zero-order chi connectivity index (χ0) is 72.7. The van der Waals surface area contributed by atoms with Crippen LogP contribution in [-0.4, -0.2) is 0 Å². The van der Waals surface area contributed by atoms with Crippen molar-refractivity contribution in [1.29, 1.82) is 0 Å². The van der Waals surface area contributed by atoms with E-state index >= 15 is 0 Å². The second-order valence-electron chi connectivity index (χ2n) is 30.7. The Morgan fingerprint density at radius 1 is 0.202 bits per heavy atom. The first-order valence-electron chi connectivity index (χ1n) is 38.0. The van der Waals surface area contributed by atoms with Crippen molar-refractivity contribution in [1.82, 2.24) is 0 Å². The fourth-order valence-electron chi connectivity index (χ4n) is 19.0. The van der Waals surface area contributed by atoms with Crippen LogP contribution in [0, 0.1) is 0 Å². The maximum absolute atomic E-state index is 6.35. The van der Waals surface area contributed by atoms with Crippen molar-refractivity contribution in [3.05, 3.63) is 427 Å². The summed E-state index contributed by atoms with van der Waals surface area (Å²) in [6.45, 7) is 9.51. The Bertz CT molecular complexity index is 6630. The van der Waals surface area contributed by atoms with E-state index in [1.54, 1.807) is 0 Å². The molecule has 0 bridgehead atoms. The van der Waals surface area contributed by atoms with Crippen LogP contribution in [0.1, 0.15) is 72.2 Å². The predicted octanol–water partition coefficient (Wildman–Crippen LogP) is 28.6. The third-order valence-corrected chi connectivity index (χ3v) is 24.0. The first-order chi connectivity index (χ1) is 53.6. The molecule has 22 rings (SSSR count). The van der Waals surface area contributed by atoms with Gasteiger partial charge in [0.05, 0.1) is 5.41 Å². The van der Waals surface area contributed by atoms with E-state index in [1.807, 2.05) is 12.1 Å². The van der Waals surface area contributed by atoms with Crippen molar-refractivity contribution in [3.63, 3.8) is 0 Å². The molecule has 18 aromatic rings.